The van der Waals surface area contributed by atoms with Crippen LogP contribution in [0.15, 0.2) is 53.6 Å². The minimum Gasteiger partial charge on any atom is -0.489 e. The van der Waals surface area contributed by atoms with Gasteiger partial charge in [-0.2, -0.15) is 0 Å². The van der Waals surface area contributed by atoms with Gasteiger partial charge >= 0.3 is 0 Å². The number of rotatable bonds is 4. The number of hydrogen-bond acceptors (Lipinski definition) is 5. The van der Waals surface area contributed by atoms with E-state index in [4.69, 9.17) is 16.3 Å². The Hall–Kier alpha value is -2.51. The summed E-state index contributed by atoms with van der Waals surface area (Å²) in [5, 5.41) is 8.90. The highest BCUT2D eigenvalue weighted by Gasteiger charge is 2.32. The maximum absolute atomic E-state index is 11.9. The average molecular weight is 404 g/mol. The molecule has 0 spiro atoms. The fourth-order valence-electron chi connectivity index (χ4n) is 2.48. The van der Waals surface area contributed by atoms with Crippen molar-refractivity contribution in [1.82, 2.24) is 10.3 Å². The summed E-state index contributed by atoms with van der Waals surface area (Å²) in [6.07, 6.45) is 0. The van der Waals surface area contributed by atoms with Gasteiger partial charge in [-0.25, -0.2) is 5.01 Å². The number of amidine groups is 1. The summed E-state index contributed by atoms with van der Waals surface area (Å²) in [6.45, 7) is 3.25. The first-order valence-corrected chi connectivity index (χ1v) is 9.48. The van der Waals surface area contributed by atoms with Crippen molar-refractivity contribution in [1.29, 1.82) is 0 Å². The molecule has 1 unspecified atom stereocenters. The molecule has 0 fully saturated rings. The molecule has 1 atom stereocenters. The summed E-state index contributed by atoms with van der Waals surface area (Å²) >= 11 is 7.20. The van der Waals surface area contributed by atoms with E-state index in [1.54, 1.807) is 0 Å². The lowest BCUT2D eigenvalue weighted by Crippen LogP contribution is -2.25. The van der Waals surface area contributed by atoms with Crippen LogP contribution in [0.4, 0.5) is 0 Å². The van der Waals surface area contributed by atoms with Crippen molar-refractivity contribution in [2.45, 2.75) is 25.8 Å². The van der Waals surface area contributed by atoms with E-state index in [9.17, 15) is 9.59 Å². The van der Waals surface area contributed by atoms with Crippen LogP contribution in [-0.2, 0) is 16.2 Å². The number of hydrogen-bond donors (Lipinski definition) is 1. The van der Waals surface area contributed by atoms with Gasteiger partial charge in [0, 0.05) is 18.9 Å². The molecule has 0 radical (unpaired) electrons. The second-order valence-electron chi connectivity index (χ2n) is 5.91. The number of benzene rings is 2. The maximum atomic E-state index is 11.9. The smallest absolute Gasteiger partial charge is 0.241 e. The van der Waals surface area contributed by atoms with E-state index in [1.807, 2.05) is 48.5 Å². The first-order chi connectivity index (χ1) is 12.9. The molecule has 2 aromatic rings. The zero-order valence-electron chi connectivity index (χ0n) is 14.8. The van der Waals surface area contributed by atoms with Gasteiger partial charge in [-0.1, -0.05) is 47.6 Å². The van der Waals surface area contributed by atoms with Crippen molar-refractivity contribution in [2.75, 3.05) is 0 Å². The summed E-state index contributed by atoms with van der Waals surface area (Å²) < 4.78 is 5.86. The third-order valence-corrected chi connectivity index (χ3v) is 5.07. The number of amides is 2. The normalized spacial score (nSPS) is 16.0. The van der Waals surface area contributed by atoms with Crippen molar-refractivity contribution >= 4 is 40.3 Å². The van der Waals surface area contributed by atoms with E-state index >= 15 is 0 Å². The number of nitrogens with one attached hydrogen (secondary N) is 1. The van der Waals surface area contributed by atoms with Gasteiger partial charge in [-0.3, -0.25) is 9.59 Å². The van der Waals surface area contributed by atoms with Crippen molar-refractivity contribution in [3.8, 4) is 5.75 Å². The van der Waals surface area contributed by atoms with E-state index in [0.29, 0.717) is 22.5 Å². The number of carbonyl (C=O) groups excluding carboxylic acids is 2. The minimum atomic E-state index is -0.358. The van der Waals surface area contributed by atoms with Crippen LogP contribution in [0.25, 0.3) is 0 Å². The zero-order chi connectivity index (χ0) is 19.4. The van der Waals surface area contributed by atoms with Crippen molar-refractivity contribution in [3.63, 3.8) is 0 Å². The van der Waals surface area contributed by atoms with Gasteiger partial charge in [0.15, 0.2) is 5.17 Å². The Bertz CT molecular complexity index is 886. The van der Waals surface area contributed by atoms with E-state index in [1.165, 1.54) is 30.6 Å². The third-order valence-electron chi connectivity index (χ3n) is 3.71. The highest BCUT2D eigenvalue weighted by Crippen LogP contribution is 2.39. The molecular weight excluding hydrogens is 386 g/mol. The lowest BCUT2D eigenvalue weighted by atomic mass is 10.2. The Kier molecular flexibility index (Phi) is 6.03. The lowest BCUT2D eigenvalue weighted by molar-refractivity contribution is -0.129. The van der Waals surface area contributed by atoms with Gasteiger partial charge in [0.1, 0.15) is 17.7 Å². The molecule has 2 amide bonds. The van der Waals surface area contributed by atoms with Crippen molar-refractivity contribution in [3.05, 3.63) is 64.7 Å². The van der Waals surface area contributed by atoms with E-state index in [2.05, 4.69) is 10.4 Å². The molecule has 0 saturated heterocycles. The summed E-state index contributed by atoms with van der Waals surface area (Å²) in [5.74, 6) is 0.241. The second-order valence-corrected chi connectivity index (χ2v) is 7.41. The summed E-state index contributed by atoms with van der Waals surface area (Å²) in [7, 11) is 0. The largest absolute Gasteiger partial charge is 0.489 e. The van der Waals surface area contributed by atoms with Crippen LogP contribution in [0.5, 0.6) is 5.75 Å². The Labute approximate surface area is 166 Å². The van der Waals surface area contributed by atoms with Gasteiger partial charge in [-0.05, 0) is 35.4 Å². The zero-order valence-corrected chi connectivity index (χ0v) is 16.4. The van der Waals surface area contributed by atoms with Gasteiger partial charge in [0.25, 0.3) is 0 Å². The molecule has 1 N–H and O–H groups in total. The molecule has 0 bridgehead atoms. The molecule has 0 aromatic heterocycles. The molecule has 8 heteroatoms. The second kappa shape index (κ2) is 8.45. The minimum absolute atomic E-state index is 0.208. The van der Waals surface area contributed by atoms with Gasteiger partial charge in [0.05, 0.1) is 0 Å². The van der Waals surface area contributed by atoms with Gasteiger partial charge in [0.2, 0.25) is 11.8 Å². The number of halogens is 1. The Morgan fingerprint density at radius 1 is 1.22 bits per heavy atom. The molecule has 2 aromatic carbocycles. The number of carbonyl (C=O) groups is 2. The number of hydrazone groups is 1. The number of thioether (sulfide) groups is 1. The van der Waals surface area contributed by atoms with Crippen LogP contribution >= 0.6 is 23.4 Å². The topological polar surface area (TPSA) is 71.0 Å². The molecular formula is C19H18ClN3O3S. The van der Waals surface area contributed by atoms with Crippen LogP contribution in [0.1, 0.15) is 30.3 Å². The third kappa shape index (κ3) is 5.02. The molecule has 1 aliphatic heterocycles. The highest BCUT2D eigenvalue weighted by atomic mass is 35.5. The van der Waals surface area contributed by atoms with Gasteiger partial charge in [-0.15, -0.1) is 5.10 Å². The van der Waals surface area contributed by atoms with Crippen LogP contribution in [0.3, 0.4) is 0 Å². The van der Waals surface area contributed by atoms with E-state index < -0.39 is 0 Å². The molecule has 3 rings (SSSR count). The predicted octanol–water partition coefficient (Wildman–Crippen LogP) is 3.92. The van der Waals surface area contributed by atoms with Crippen LogP contribution in [0, 0.1) is 0 Å². The molecule has 1 heterocycles. The monoisotopic (exact) mass is 403 g/mol. The molecule has 0 aliphatic carbocycles. The molecule has 140 valence electrons. The fourth-order valence-corrected chi connectivity index (χ4v) is 3.74. The first-order valence-electron chi connectivity index (χ1n) is 8.22. The number of ether oxygens (including phenoxy) is 1. The fraction of sp³-hybridized carbons (Fsp3) is 0.211. The molecule has 6 nitrogen and oxygen atoms in total. The van der Waals surface area contributed by atoms with E-state index in [-0.39, 0.29) is 17.2 Å². The van der Waals surface area contributed by atoms with E-state index in [0.717, 1.165) is 11.1 Å². The summed E-state index contributed by atoms with van der Waals surface area (Å²) in [4.78, 5) is 23.2. The Morgan fingerprint density at radius 3 is 2.63 bits per heavy atom. The SMILES string of the molecule is CC(=O)NC1=NN(C(C)=O)C(c2cccc(OCc3ccc(Cl)cc3)c2)S1. The molecule has 0 saturated carbocycles. The molecule has 1 aliphatic rings. The van der Waals surface area contributed by atoms with Crippen molar-refractivity contribution < 1.29 is 14.3 Å². The predicted molar refractivity (Wildman–Crippen MR) is 106 cm³/mol. The Balaban J connectivity index is 1.73. The van der Waals surface area contributed by atoms with Crippen LogP contribution in [0.2, 0.25) is 5.02 Å². The first kappa shape index (κ1) is 19.3. The van der Waals surface area contributed by atoms with Gasteiger partial charge < -0.3 is 10.1 Å². The van der Waals surface area contributed by atoms with Crippen molar-refractivity contribution in [2.24, 2.45) is 5.10 Å². The quantitative estimate of drug-likeness (QED) is 0.839. The Morgan fingerprint density at radius 2 is 1.96 bits per heavy atom. The lowest BCUT2D eigenvalue weighted by Gasteiger charge is -2.19. The van der Waals surface area contributed by atoms with Crippen LogP contribution in [-0.4, -0.2) is 22.0 Å². The number of nitrogens with zero attached hydrogens (tertiary/aromatic N) is 2. The highest BCUT2D eigenvalue weighted by molar-refractivity contribution is 8.14. The maximum Gasteiger partial charge on any atom is 0.241 e. The molecule has 27 heavy (non-hydrogen) atoms. The van der Waals surface area contributed by atoms with Crippen LogP contribution < -0.4 is 10.1 Å². The standard InChI is InChI=1S/C19H18ClN3O3S/c1-12(24)21-19-22-23(13(2)25)18(27-19)15-4-3-5-17(10-15)26-11-14-6-8-16(20)9-7-14/h3-10,18H,11H2,1-2H3,(H,21,22,24). The summed E-state index contributed by atoms with van der Waals surface area (Å²) in [6, 6.07) is 14.9. The average Bonchev–Trinajstić information content (AvgIpc) is 3.05. The summed E-state index contributed by atoms with van der Waals surface area (Å²) in [5.41, 5.74) is 1.86.